The smallest absolute Gasteiger partial charge is 0.271 e. The van der Waals surface area contributed by atoms with Crippen molar-refractivity contribution in [3.05, 3.63) is 24.2 Å². The fourth-order valence-corrected chi connectivity index (χ4v) is 1.27. The van der Waals surface area contributed by atoms with Crippen molar-refractivity contribution < 1.29 is 34.7 Å². The van der Waals surface area contributed by atoms with Crippen LogP contribution in [0.3, 0.4) is 0 Å². The number of aliphatic hydroxyl groups excluding tert-OH is 5. The Bertz CT molecular complexity index is 434. The maximum absolute atomic E-state index is 11.4. The summed E-state index contributed by atoms with van der Waals surface area (Å²) in [6.45, 7) is -0.830. The molecule has 0 aliphatic rings. The molecule has 1 heterocycles. The third kappa shape index (κ3) is 4.40. The first-order valence-corrected chi connectivity index (χ1v) is 5.67. The van der Waals surface area contributed by atoms with Gasteiger partial charge in [-0.3, -0.25) is 4.79 Å². The molecule has 1 aromatic rings. The monoisotopic (exact) mass is 288 g/mol. The molecule has 0 aliphatic heterocycles. The van der Waals surface area contributed by atoms with E-state index in [-0.39, 0.29) is 0 Å². The van der Waals surface area contributed by atoms with Crippen LogP contribution in [0.5, 0.6) is 0 Å². The number of hydrogen-bond donors (Lipinski definition) is 6. The number of hydrazone groups is 1. The topological polar surface area (TPSA) is 156 Å². The lowest BCUT2D eigenvalue weighted by Crippen LogP contribution is -2.50. The van der Waals surface area contributed by atoms with Crippen molar-refractivity contribution in [2.24, 2.45) is 5.10 Å². The van der Waals surface area contributed by atoms with Gasteiger partial charge in [-0.1, -0.05) is 0 Å². The molecule has 4 unspecified atom stereocenters. The molecule has 0 saturated carbocycles. The van der Waals surface area contributed by atoms with E-state index in [2.05, 4.69) is 5.10 Å². The number of furan rings is 1. The molecule has 0 fully saturated rings. The van der Waals surface area contributed by atoms with Crippen LogP contribution in [-0.2, 0) is 4.79 Å². The number of rotatable bonds is 7. The summed E-state index contributed by atoms with van der Waals surface area (Å²) in [7, 11) is 0. The minimum absolute atomic E-state index is 0.357. The summed E-state index contributed by atoms with van der Waals surface area (Å²) >= 11 is 0. The van der Waals surface area contributed by atoms with E-state index in [4.69, 9.17) is 14.6 Å². The molecule has 6 N–H and O–H groups in total. The standard InChI is InChI=1S/C11H16N2O7/c14-5-7(15)8(16)9(17)10(18)11(19)13-12-4-6-2-1-3-20-6/h1-4,7-10,14-18H,5H2,(H,13,19). The number of amides is 1. The summed E-state index contributed by atoms with van der Waals surface area (Å²) < 4.78 is 4.89. The Morgan fingerprint density at radius 1 is 1.35 bits per heavy atom. The molecular formula is C11H16N2O7. The van der Waals surface area contributed by atoms with Gasteiger partial charge < -0.3 is 29.9 Å². The Hall–Kier alpha value is -1.78. The summed E-state index contributed by atoms with van der Waals surface area (Å²) in [5.74, 6) is -0.736. The van der Waals surface area contributed by atoms with E-state index in [1.165, 1.54) is 6.26 Å². The van der Waals surface area contributed by atoms with Crippen LogP contribution in [0.15, 0.2) is 27.9 Å². The zero-order valence-electron chi connectivity index (χ0n) is 10.3. The van der Waals surface area contributed by atoms with E-state index in [1.54, 1.807) is 12.1 Å². The van der Waals surface area contributed by atoms with Crippen molar-refractivity contribution in [2.45, 2.75) is 24.4 Å². The Kier molecular flexibility index (Phi) is 6.28. The van der Waals surface area contributed by atoms with E-state index >= 15 is 0 Å². The largest absolute Gasteiger partial charge is 0.463 e. The highest BCUT2D eigenvalue weighted by Crippen LogP contribution is 2.05. The average molecular weight is 288 g/mol. The van der Waals surface area contributed by atoms with E-state index in [0.717, 1.165) is 6.21 Å². The first-order chi connectivity index (χ1) is 9.47. The normalized spacial score (nSPS) is 17.6. The SMILES string of the molecule is O=C(NN=Cc1ccco1)C(O)C(O)C(O)C(O)CO. The Morgan fingerprint density at radius 2 is 2.05 bits per heavy atom. The van der Waals surface area contributed by atoms with Gasteiger partial charge in [-0.05, 0) is 12.1 Å². The van der Waals surface area contributed by atoms with Crippen molar-refractivity contribution in [2.75, 3.05) is 6.61 Å². The summed E-state index contributed by atoms with van der Waals surface area (Å²) in [5, 5.41) is 49.3. The third-order valence-corrected chi connectivity index (χ3v) is 2.43. The zero-order valence-corrected chi connectivity index (χ0v) is 10.3. The molecule has 20 heavy (non-hydrogen) atoms. The summed E-state index contributed by atoms with van der Waals surface area (Å²) in [5.41, 5.74) is 1.92. The molecule has 1 amide bonds. The van der Waals surface area contributed by atoms with Gasteiger partial charge in [-0.25, -0.2) is 5.43 Å². The number of carbonyl (C=O) groups is 1. The molecule has 4 atom stereocenters. The number of nitrogens with one attached hydrogen (secondary N) is 1. The summed E-state index contributed by atoms with van der Waals surface area (Å²) in [6.07, 6.45) is -5.01. The van der Waals surface area contributed by atoms with Crippen molar-refractivity contribution in [3.8, 4) is 0 Å². The highest BCUT2D eigenvalue weighted by atomic mass is 16.4. The number of carbonyl (C=O) groups excluding carboxylic acids is 1. The number of hydrogen-bond acceptors (Lipinski definition) is 8. The maximum Gasteiger partial charge on any atom is 0.271 e. The molecule has 0 spiro atoms. The van der Waals surface area contributed by atoms with Crippen LogP contribution in [-0.4, -0.2) is 68.7 Å². The minimum atomic E-state index is -2.03. The summed E-state index contributed by atoms with van der Waals surface area (Å²) in [4.78, 5) is 11.4. The van der Waals surface area contributed by atoms with Gasteiger partial charge in [-0.2, -0.15) is 5.10 Å². The fraction of sp³-hybridized carbons (Fsp3) is 0.455. The quantitative estimate of drug-likeness (QED) is 0.233. The molecular weight excluding hydrogens is 272 g/mol. The summed E-state index contributed by atoms with van der Waals surface area (Å²) in [6, 6.07) is 3.18. The van der Waals surface area contributed by atoms with Crippen LogP contribution in [0.4, 0.5) is 0 Å². The highest BCUT2D eigenvalue weighted by Gasteiger charge is 2.34. The van der Waals surface area contributed by atoms with E-state index in [9.17, 15) is 20.1 Å². The van der Waals surface area contributed by atoms with Gasteiger partial charge >= 0.3 is 0 Å². The molecule has 0 aromatic carbocycles. The van der Waals surface area contributed by atoms with Gasteiger partial charge in [0.25, 0.3) is 5.91 Å². The van der Waals surface area contributed by atoms with E-state index < -0.39 is 36.9 Å². The first kappa shape index (κ1) is 16.3. The lowest BCUT2D eigenvalue weighted by atomic mass is 10.0. The maximum atomic E-state index is 11.4. The van der Waals surface area contributed by atoms with E-state index in [0.29, 0.717) is 5.76 Å². The van der Waals surface area contributed by atoms with Crippen LogP contribution in [0.1, 0.15) is 5.76 Å². The molecule has 9 nitrogen and oxygen atoms in total. The number of aliphatic hydroxyl groups is 5. The van der Waals surface area contributed by atoms with Crippen molar-refractivity contribution >= 4 is 12.1 Å². The second-order valence-electron chi connectivity index (χ2n) is 3.93. The van der Waals surface area contributed by atoms with Gasteiger partial charge in [-0.15, -0.1) is 0 Å². The van der Waals surface area contributed by atoms with Crippen LogP contribution < -0.4 is 5.43 Å². The molecule has 112 valence electrons. The molecule has 0 radical (unpaired) electrons. The van der Waals surface area contributed by atoms with Crippen molar-refractivity contribution in [3.63, 3.8) is 0 Å². The molecule has 1 rings (SSSR count). The average Bonchev–Trinajstić information content (AvgIpc) is 2.97. The third-order valence-electron chi connectivity index (χ3n) is 2.43. The second-order valence-corrected chi connectivity index (χ2v) is 3.93. The molecule has 0 bridgehead atoms. The predicted molar refractivity (Wildman–Crippen MR) is 65.6 cm³/mol. The molecule has 1 aromatic heterocycles. The van der Waals surface area contributed by atoms with Crippen LogP contribution in [0, 0.1) is 0 Å². The highest BCUT2D eigenvalue weighted by molar-refractivity contribution is 5.83. The number of nitrogens with zero attached hydrogens (tertiary/aromatic N) is 1. The van der Waals surface area contributed by atoms with Crippen molar-refractivity contribution in [1.29, 1.82) is 0 Å². The van der Waals surface area contributed by atoms with Gasteiger partial charge in [0.05, 0.1) is 19.1 Å². The fourth-order valence-electron chi connectivity index (χ4n) is 1.27. The van der Waals surface area contributed by atoms with Gasteiger partial charge in [0.2, 0.25) is 0 Å². The van der Waals surface area contributed by atoms with E-state index in [1.807, 2.05) is 5.43 Å². The van der Waals surface area contributed by atoms with Gasteiger partial charge in [0, 0.05) is 0 Å². The molecule has 9 heteroatoms. The van der Waals surface area contributed by atoms with Crippen LogP contribution >= 0.6 is 0 Å². The minimum Gasteiger partial charge on any atom is -0.463 e. The van der Waals surface area contributed by atoms with Gasteiger partial charge in [0.1, 0.15) is 24.1 Å². The molecule has 0 saturated heterocycles. The Labute approximate surface area is 113 Å². The Morgan fingerprint density at radius 3 is 2.60 bits per heavy atom. The second kappa shape index (κ2) is 7.72. The lowest BCUT2D eigenvalue weighted by Gasteiger charge is -2.24. The van der Waals surface area contributed by atoms with Gasteiger partial charge in [0.15, 0.2) is 6.10 Å². The lowest BCUT2D eigenvalue weighted by molar-refractivity contribution is -0.148. The Balaban J connectivity index is 2.49. The predicted octanol–water partition coefficient (Wildman–Crippen LogP) is -2.83. The van der Waals surface area contributed by atoms with Crippen molar-refractivity contribution in [1.82, 2.24) is 5.43 Å². The molecule has 0 aliphatic carbocycles. The first-order valence-electron chi connectivity index (χ1n) is 5.67. The zero-order chi connectivity index (χ0) is 15.1. The van der Waals surface area contributed by atoms with Crippen LogP contribution in [0.2, 0.25) is 0 Å². The van der Waals surface area contributed by atoms with Crippen LogP contribution in [0.25, 0.3) is 0 Å².